The molecule has 1 atom stereocenters. The van der Waals surface area contributed by atoms with Crippen LogP contribution in [0.2, 0.25) is 0 Å². The van der Waals surface area contributed by atoms with Gasteiger partial charge >= 0.3 is 0 Å². The Hall–Kier alpha value is -1.75. The summed E-state index contributed by atoms with van der Waals surface area (Å²) in [5, 5.41) is 6.77. The molecule has 0 saturated heterocycles. The number of ether oxygens (including phenoxy) is 1. The fraction of sp³-hybridized carbons (Fsp3) is 0.632. The van der Waals surface area contributed by atoms with Gasteiger partial charge in [0.05, 0.1) is 6.54 Å². The lowest BCUT2D eigenvalue weighted by atomic mass is 10.1. The van der Waals surface area contributed by atoms with Crippen molar-refractivity contribution in [2.75, 3.05) is 26.7 Å². The van der Waals surface area contributed by atoms with Crippen LogP contribution in [-0.2, 0) is 6.42 Å². The number of guanidine groups is 1. The summed E-state index contributed by atoms with van der Waals surface area (Å²) in [6.07, 6.45) is 1.12. The van der Waals surface area contributed by atoms with E-state index in [2.05, 4.69) is 60.4 Å². The fourth-order valence-corrected chi connectivity index (χ4v) is 3.21. The van der Waals surface area contributed by atoms with Gasteiger partial charge in [0.15, 0.2) is 5.96 Å². The van der Waals surface area contributed by atoms with E-state index in [-0.39, 0.29) is 6.10 Å². The highest BCUT2D eigenvalue weighted by molar-refractivity contribution is 5.79. The molecule has 24 heavy (non-hydrogen) atoms. The molecule has 0 bridgehead atoms. The number of hydrogen-bond donors (Lipinski definition) is 2. The third-order valence-corrected chi connectivity index (χ3v) is 4.42. The zero-order valence-corrected chi connectivity index (χ0v) is 15.7. The van der Waals surface area contributed by atoms with Gasteiger partial charge in [0.25, 0.3) is 0 Å². The molecular weight excluding hydrogens is 300 g/mol. The molecule has 1 unspecified atom stereocenters. The molecule has 5 nitrogen and oxygen atoms in total. The summed E-state index contributed by atoms with van der Waals surface area (Å²) in [6.45, 7) is 11.6. The van der Waals surface area contributed by atoms with E-state index in [1.165, 1.54) is 5.56 Å². The highest BCUT2D eigenvalue weighted by atomic mass is 16.5. The summed E-state index contributed by atoms with van der Waals surface area (Å²) in [6, 6.07) is 9.35. The number of nitrogens with one attached hydrogen (secondary N) is 2. The second-order valence-corrected chi connectivity index (χ2v) is 6.86. The summed E-state index contributed by atoms with van der Waals surface area (Å²) in [5.41, 5.74) is 1.29. The zero-order chi connectivity index (χ0) is 17.5. The van der Waals surface area contributed by atoms with Crippen molar-refractivity contribution in [3.63, 3.8) is 0 Å². The number of hydrogen-bond acceptors (Lipinski definition) is 3. The Balaban J connectivity index is 1.72. The highest BCUT2D eigenvalue weighted by Crippen LogP contribution is 2.27. The normalized spacial score (nSPS) is 17.3. The third kappa shape index (κ3) is 5.13. The van der Waals surface area contributed by atoms with E-state index in [0.29, 0.717) is 12.1 Å². The average molecular weight is 332 g/mol. The zero-order valence-electron chi connectivity index (χ0n) is 15.7. The molecule has 1 aliphatic heterocycles. The lowest BCUT2D eigenvalue weighted by Crippen LogP contribution is -2.46. The summed E-state index contributed by atoms with van der Waals surface area (Å²) in [7, 11) is 1.81. The molecule has 1 aromatic carbocycles. The molecule has 1 heterocycles. The first-order chi connectivity index (χ1) is 11.5. The van der Waals surface area contributed by atoms with Crippen LogP contribution in [0.25, 0.3) is 0 Å². The minimum Gasteiger partial charge on any atom is -0.488 e. The largest absolute Gasteiger partial charge is 0.488 e. The van der Waals surface area contributed by atoms with Gasteiger partial charge in [0, 0.05) is 38.6 Å². The highest BCUT2D eigenvalue weighted by Gasteiger charge is 2.22. The van der Waals surface area contributed by atoms with Crippen molar-refractivity contribution in [3.05, 3.63) is 29.8 Å². The maximum Gasteiger partial charge on any atom is 0.191 e. The Bertz CT molecular complexity index is 509. The van der Waals surface area contributed by atoms with Gasteiger partial charge in [-0.15, -0.1) is 0 Å². The number of fused-ring (bicyclic) bond motifs is 1. The Morgan fingerprint density at radius 2 is 1.92 bits per heavy atom. The lowest BCUT2D eigenvalue weighted by Gasteiger charge is -2.30. The molecule has 134 valence electrons. The first-order valence-electron chi connectivity index (χ1n) is 8.96. The van der Waals surface area contributed by atoms with E-state index in [9.17, 15) is 0 Å². The Kier molecular flexibility index (Phi) is 6.91. The van der Waals surface area contributed by atoms with Gasteiger partial charge in [-0.2, -0.15) is 0 Å². The number of rotatable bonds is 7. The third-order valence-electron chi connectivity index (χ3n) is 4.42. The molecule has 0 radical (unpaired) electrons. The summed E-state index contributed by atoms with van der Waals surface area (Å²) in [5.74, 6) is 1.85. The minimum atomic E-state index is 0.170. The smallest absolute Gasteiger partial charge is 0.191 e. The maximum atomic E-state index is 5.95. The van der Waals surface area contributed by atoms with Crippen LogP contribution < -0.4 is 15.4 Å². The van der Waals surface area contributed by atoms with Crippen LogP contribution in [-0.4, -0.2) is 55.7 Å². The summed E-state index contributed by atoms with van der Waals surface area (Å²) >= 11 is 0. The Labute approximate surface area is 146 Å². The first kappa shape index (κ1) is 18.6. The van der Waals surface area contributed by atoms with Crippen LogP contribution in [0.3, 0.4) is 0 Å². The van der Waals surface area contributed by atoms with E-state index in [1.54, 1.807) is 0 Å². The molecule has 1 aliphatic rings. The van der Waals surface area contributed by atoms with Crippen LogP contribution in [0.15, 0.2) is 29.3 Å². The molecule has 2 N–H and O–H groups in total. The quantitative estimate of drug-likeness (QED) is 0.594. The predicted molar refractivity (Wildman–Crippen MR) is 101 cm³/mol. The standard InChI is InChI=1S/C19H32N4O/c1-14(2)23(15(3)4)11-10-21-19(20-5)22-13-17-12-16-8-6-7-9-18(16)24-17/h6-9,14-15,17H,10-13H2,1-5H3,(H2,20,21,22). The van der Waals surface area contributed by atoms with Gasteiger partial charge in [0.2, 0.25) is 0 Å². The molecule has 2 rings (SSSR count). The van der Waals surface area contributed by atoms with E-state index >= 15 is 0 Å². The van der Waals surface area contributed by atoms with Crippen molar-refractivity contribution in [2.45, 2.75) is 52.3 Å². The molecule has 0 fully saturated rings. The van der Waals surface area contributed by atoms with Crippen LogP contribution in [0, 0.1) is 0 Å². The van der Waals surface area contributed by atoms with Crippen LogP contribution in [0.1, 0.15) is 33.3 Å². The molecule has 0 aliphatic carbocycles. The second-order valence-electron chi connectivity index (χ2n) is 6.86. The number of para-hydroxylation sites is 1. The van der Waals surface area contributed by atoms with Crippen LogP contribution >= 0.6 is 0 Å². The van der Waals surface area contributed by atoms with Crippen LogP contribution in [0.5, 0.6) is 5.75 Å². The van der Waals surface area contributed by atoms with Crippen molar-refractivity contribution < 1.29 is 4.74 Å². The molecule has 0 saturated carbocycles. The molecule has 1 aromatic rings. The van der Waals surface area contributed by atoms with Gasteiger partial charge in [-0.05, 0) is 39.3 Å². The average Bonchev–Trinajstić information content (AvgIpc) is 2.96. The predicted octanol–water partition coefficient (Wildman–Crippen LogP) is 2.27. The molecule has 5 heteroatoms. The van der Waals surface area contributed by atoms with Crippen LogP contribution in [0.4, 0.5) is 0 Å². The van der Waals surface area contributed by atoms with Gasteiger partial charge in [0.1, 0.15) is 11.9 Å². The van der Waals surface area contributed by atoms with Gasteiger partial charge in [-0.3, -0.25) is 9.89 Å². The Morgan fingerprint density at radius 3 is 2.54 bits per heavy atom. The van der Waals surface area contributed by atoms with Crippen molar-refractivity contribution in [2.24, 2.45) is 4.99 Å². The van der Waals surface area contributed by atoms with E-state index in [1.807, 2.05) is 19.2 Å². The van der Waals surface area contributed by atoms with Crippen molar-refractivity contribution in [1.29, 1.82) is 0 Å². The van der Waals surface area contributed by atoms with Crippen molar-refractivity contribution >= 4 is 5.96 Å². The number of nitrogens with zero attached hydrogens (tertiary/aromatic N) is 2. The molecular formula is C19H32N4O. The molecule has 0 spiro atoms. The topological polar surface area (TPSA) is 48.9 Å². The summed E-state index contributed by atoms with van der Waals surface area (Å²) < 4.78 is 5.95. The first-order valence-corrected chi connectivity index (χ1v) is 8.96. The van der Waals surface area contributed by atoms with E-state index in [4.69, 9.17) is 4.74 Å². The maximum absolute atomic E-state index is 5.95. The van der Waals surface area contributed by atoms with Gasteiger partial charge < -0.3 is 15.4 Å². The lowest BCUT2D eigenvalue weighted by molar-refractivity contribution is 0.178. The molecule has 0 aromatic heterocycles. The monoisotopic (exact) mass is 332 g/mol. The van der Waals surface area contributed by atoms with E-state index < -0.39 is 0 Å². The van der Waals surface area contributed by atoms with Gasteiger partial charge in [-0.1, -0.05) is 18.2 Å². The van der Waals surface area contributed by atoms with Crippen molar-refractivity contribution in [3.8, 4) is 5.75 Å². The van der Waals surface area contributed by atoms with Crippen molar-refractivity contribution in [1.82, 2.24) is 15.5 Å². The molecule has 0 amide bonds. The number of benzene rings is 1. The second kappa shape index (κ2) is 8.92. The minimum absolute atomic E-state index is 0.170. The van der Waals surface area contributed by atoms with E-state index in [0.717, 1.165) is 37.8 Å². The SMILES string of the molecule is CN=C(NCCN(C(C)C)C(C)C)NCC1Cc2ccccc2O1. The number of aliphatic imine (C=N–C) groups is 1. The van der Waals surface area contributed by atoms with Gasteiger partial charge in [-0.25, -0.2) is 0 Å². The fourth-order valence-electron chi connectivity index (χ4n) is 3.21. The Morgan fingerprint density at radius 1 is 1.21 bits per heavy atom. The summed E-state index contributed by atoms with van der Waals surface area (Å²) in [4.78, 5) is 6.77.